The van der Waals surface area contributed by atoms with Crippen molar-refractivity contribution in [3.63, 3.8) is 0 Å². The Morgan fingerprint density at radius 2 is 1.93 bits per heavy atom. The van der Waals surface area contributed by atoms with Crippen LogP contribution in [0.5, 0.6) is 0 Å². The predicted molar refractivity (Wildman–Crippen MR) is 105 cm³/mol. The van der Waals surface area contributed by atoms with Crippen LogP contribution in [-0.2, 0) is 10.0 Å². The van der Waals surface area contributed by atoms with E-state index in [0.29, 0.717) is 31.2 Å². The summed E-state index contributed by atoms with van der Waals surface area (Å²) in [4.78, 5) is 9.09. The molecule has 0 radical (unpaired) electrons. The van der Waals surface area contributed by atoms with Crippen molar-refractivity contribution >= 4 is 21.6 Å². The Morgan fingerprint density at radius 3 is 2.70 bits per heavy atom. The van der Waals surface area contributed by atoms with E-state index < -0.39 is 15.3 Å². The van der Waals surface area contributed by atoms with Gasteiger partial charge in [0.2, 0.25) is 10.0 Å². The highest BCUT2D eigenvalue weighted by atomic mass is 35.5. The fraction of sp³-hybridized carbons (Fsp3) is 0.444. The molecule has 2 fully saturated rings. The Hall–Kier alpha value is -1.58. The maximum atomic E-state index is 13.0. The summed E-state index contributed by atoms with van der Waals surface area (Å²) in [7, 11) is -3.35. The standard InChI is InChI=1S/C18H22ClN5O2S/c19-15-5-1-3-13(9-15)17-18(21-7-6-20-17)14-4-2-8-24(12-14)27(25,26)16-10-22-23-11-16/h1,3,5-7,9,14,16,22-23H,2,4,8,10-12H2. The fourth-order valence-electron chi connectivity index (χ4n) is 3.77. The van der Waals surface area contributed by atoms with Crippen molar-refractivity contribution in [3.8, 4) is 11.3 Å². The number of piperidine rings is 1. The number of rotatable bonds is 4. The number of hydrogen-bond donors (Lipinski definition) is 2. The van der Waals surface area contributed by atoms with Crippen LogP contribution in [-0.4, -0.2) is 54.1 Å². The molecule has 1 atom stereocenters. The Balaban J connectivity index is 1.62. The molecule has 4 rings (SSSR count). The summed E-state index contributed by atoms with van der Waals surface area (Å²) in [6, 6.07) is 7.52. The van der Waals surface area contributed by atoms with Crippen molar-refractivity contribution < 1.29 is 8.42 Å². The van der Waals surface area contributed by atoms with Crippen LogP contribution in [0.3, 0.4) is 0 Å². The molecule has 0 aliphatic carbocycles. The third-order valence-corrected chi connectivity index (χ3v) is 7.62. The zero-order valence-electron chi connectivity index (χ0n) is 14.8. The van der Waals surface area contributed by atoms with Crippen LogP contribution >= 0.6 is 11.6 Å². The first-order valence-electron chi connectivity index (χ1n) is 9.07. The summed E-state index contributed by atoms with van der Waals surface area (Å²) >= 11 is 6.14. The molecule has 2 aliphatic heterocycles. The molecule has 0 spiro atoms. The number of nitrogens with one attached hydrogen (secondary N) is 2. The summed E-state index contributed by atoms with van der Waals surface area (Å²) in [5, 5.41) is 0.212. The molecular formula is C18H22ClN5O2S. The van der Waals surface area contributed by atoms with E-state index in [2.05, 4.69) is 20.8 Å². The van der Waals surface area contributed by atoms with Gasteiger partial charge in [0, 0.05) is 55.1 Å². The van der Waals surface area contributed by atoms with Gasteiger partial charge in [-0.1, -0.05) is 23.7 Å². The lowest BCUT2D eigenvalue weighted by Crippen LogP contribution is -2.45. The van der Waals surface area contributed by atoms with Crippen molar-refractivity contribution in [1.82, 2.24) is 25.1 Å². The molecule has 0 amide bonds. The maximum absolute atomic E-state index is 13.0. The lowest BCUT2D eigenvalue weighted by molar-refractivity contribution is 0.310. The maximum Gasteiger partial charge on any atom is 0.219 e. The van der Waals surface area contributed by atoms with E-state index in [1.54, 1.807) is 16.7 Å². The van der Waals surface area contributed by atoms with Crippen LogP contribution in [0, 0.1) is 0 Å². The Morgan fingerprint density at radius 1 is 1.15 bits per heavy atom. The van der Waals surface area contributed by atoms with Crippen molar-refractivity contribution in [2.45, 2.75) is 24.0 Å². The molecule has 9 heteroatoms. The third-order valence-electron chi connectivity index (χ3n) is 5.16. The predicted octanol–water partition coefficient (Wildman–Crippen LogP) is 1.78. The molecule has 27 heavy (non-hydrogen) atoms. The summed E-state index contributed by atoms with van der Waals surface area (Å²) in [5.74, 6) is 0.0125. The lowest BCUT2D eigenvalue weighted by atomic mass is 9.92. The number of hydrogen-bond acceptors (Lipinski definition) is 6. The van der Waals surface area contributed by atoms with Crippen molar-refractivity contribution in [3.05, 3.63) is 47.4 Å². The third kappa shape index (κ3) is 3.86. The van der Waals surface area contributed by atoms with Gasteiger partial charge in [0.1, 0.15) is 5.25 Å². The largest absolute Gasteiger partial charge is 0.257 e. The Kier molecular flexibility index (Phi) is 5.43. The molecular weight excluding hydrogens is 386 g/mol. The molecule has 0 bridgehead atoms. The van der Waals surface area contributed by atoms with E-state index >= 15 is 0 Å². The summed E-state index contributed by atoms with van der Waals surface area (Å²) in [6.45, 7) is 1.86. The molecule has 2 saturated heterocycles. The van der Waals surface area contributed by atoms with Crippen molar-refractivity contribution in [2.75, 3.05) is 26.2 Å². The average molecular weight is 408 g/mol. The second-order valence-electron chi connectivity index (χ2n) is 6.93. The molecule has 7 nitrogen and oxygen atoms in total. The molecule has 3 heterocycles. The molecule has 0 saturated carbocycles. The molecule has 2 aromatic rings. The highest BCUT2D eigenvalue weighted by Gasteiger charge is 2.38. The number of aromatic nitrogens is 2. The SMILES string of the molecule is O=S(=O)(C1CNNC1)N1CCCC(c2nccnc2-c2cccc(Cl)c2)C1. The second-order valence-corrected chi connectivity index (χ2v) is 9.58. The summed E-state index contributed by atoms with van der Waals surface area (Å²) in [5.41, 5.74) is 8.32. The van der Waals surface area contributed by atoms with Crippen LogP contribution in [0.2, 0.25) is 5.02 Å². The van der Waals surface area contributed by atoms with Gasteiger partial charge in [-0.2, -0.15) is 0 Å². The Bertz CT molecular complexity index is 917. The van der Waals surface area contributed by atoms with Crippen molar-refractivity contribution in [2.24, 2.45) is 0 Å². The van der Waals surface area contributed by atoms with Crippen LogP contribution in [0.15, 0.2) is 36.7 Å². The molecule has 2 N–H and O–H groups in total. The quantitative estimate of drug-likeness (QED) is 0.803. The monoisotopic (exact) mass is 407 g/mol. The van der Waals surface area contributed by atoms with E-state index in [4.69, 9.17) is 11.6 Å². The van der Waals surface area contributed by atoms with Gasteiger partial charge in [0.05, 0.1) is 11.4 Å². The smallest absolute Gasteiger partial charge is 0.219 e. The number of benzene rings is 1. The van der Waals surface area contributed by atoms with Gasteiger partial charge in [-0.05, 0) is 25.0 Å². The first-order chi connectivity index (χ1) is 13.1. The van der Waals surface area contributed by atoms with Crippen LogP contribution in [0.1, 0.15) is 24.5 Å². The topological polar surface area (TPSA) is 87.2 Å². The zero-order chi connectivity index (χ0) is 18.9. The van der Waals surface area contributed by atoms with Crippen LogP contribution in [0.4, 0.5) is 0 Å². The fourth-order valence-corrected chi connectivity index (χ4v) is 5.74. The first-order valence-corrected chi connectivity index (χ1v) is 11.0. The highest BCUT2D eigenvalue weighted by Crippen LogP contribution is 2.33. The zero-order valence-corrected chi connectivity index (χ0v) is 16.4. The van der Waals surface area contributed by atoms with Crippen LogP contribution in [0.25, 0.3) is 11.3 Å². The minimum atomic E-state index is -3.35. The van der Waals surface area contributed by atoms with Crippen LogP contribution < -0.4 is 10.9 Å². The summed E-state index contributed by atoms with van der Waals surface area (Å²) in [6.07, 6.45) is 5.02. The van der Waals surface area contributed by atoms with Gasteiger partial charge in [-0.25, -0.2) is 12.7 Å². The second kappa shape index (κ2) is 7.81. The van der Waals surface area contributed by atoms with Gasteiger partial charge >= 0.3 is 0 Å². The van der Waals surface area contributed by atoms with E-state index in [9.17, 15) is 8.42 Å². The summed E-state index contributed by atoms with van der Waals surface area (Å²) < 4.78 is 27.5. The lowest BCUT2D eigenvalue weighted by Gasteiger charge is -2.33. The van der Waals surface area contributed by atoms with Gasteiger partial charge in [-0.3, -0.25) is 20.8 Å². The number of hydrazine groups is 1. The highest BCUT2D eigenvalue weighted by molar-refractivity contribution is 7.89. The van der Waals surface area contributed by atoms with Crippen molar-refractivity contribution in [1.29, 1.82) is 0 Å². The van der Waals surface area contributed by atoms with E-state index in [-0.39, 0.29) is 5.92 Å². The van der Waals surface area contributed by atoms with E-state index in [0.717, 1.165) is 29.8 Å². The van der Waals surface area contributed by atoms with E-state index in [1.807, 2.05) is 24.3 Å². The van der Waals surface area contributed by atoms with Gasteiger partial charge < -0.3 is 0 Å². The minimum Gasteiger partial charge on any atom is -0.257 e. The number of nitrogens with zero attached hydrogens (tertiary/aromatic N) is 3. The van der Waals surface area contributed by atoms with Gasteiger partial charge in [0.25, 0.3) is 0 Å². The molecule has 1 aromatic heterocycles. The van der Waals surface area contributed by atoms with Gasteiger partial charge in [-0.15, -0.1) is 0 Å². The first kappa shape index (κ1) is 18.8. The normalized spacial score (nSPS) is 22.2. The molecule has 144 valence electrons. The van der Waals surface area contributed by atoms with E-state index in [1.165, 1.54) is 0 Å². The average Bonchev–Trinajstić information content (AvgIpc) is 3.24. The molecule has 2 aliphatic rings. The minimum absolute atomic E-state index is 0.0125. The Labute approximate surface area is 164 Å². The van der Waals surface area contributed by atoms with Gasteiger partial charge in [0.15, 0.2) is 0 Å². The number of halogens is 1. The number of sulfonamides is 1. The molecule has 1 unspecified atom stereocenters. The molecule has 1 aromatic carbocycles.